The van der Waals surface area contributed by atoms with Crippen molar-refractivity contribution in [3.8, 4) is 12.3 Å². The van der Waals surface area contributed by atoms with E-state index in [0.717, 1.165) is 6.42 Å². The molecule has 146 valence electrons. The summed E-state index contributed by atoms with van der Waals surface area (Å²) in [6.45, 7) is 28.7. The van der Waals surface area contributed by atoms with E-state index in [1.807, 2.05) is 6.08 Å². The summed E-state index contributed by atoms with van der Waals surface area (Å²) >= 11 is 0. The third-order valence-corrected chi connectivity index (χ3v) is 15.0. The van der Waals surface area contributed by atoms with Crippen LogP contribution in [0.15, 0.2) is 12.7 Å². The minimum Gasteiger partial charge on any atom is -0.390 e. The van der Waals surface area contributed by atoms with E-state index in [4.69, 9.17) is 15.3 Å². The molecule has 1 unspecified atom stereocenters. The van der Waals surface area contributed by atoms with Crippen LogP contribution in [0.4, 0.5) is 0 Å². The summed E-state index contributed by atoms with van der Waals surface area (Å²) < 4.78 is 13.9. The van der Waals surface area contributed by atoms with Crippen LogP contribution in [-0.4, -0.2) is 22.4 Å². The Balaban J connectivity index is 6.18. The topological polar surface area (TPSA) is 18.5 Å². The Kier molecular flexibility index (Phi) is 8.01. The highest BCUT2D eigenvalue weighted by Gasteiger charge is 2.52. The molecule has 4 heteroatoms. The third kappa shape index (κ3) is 6.10. The predicted molar refractivity (Wildman–Crippen MR) is 117 cm³/mol. The summed E-state index contributed by atoms with van der Waals surface area (Å²) in [5.41, 5.74) is 0. The van der Waals surface area contributed by atoms with Gasteiger partial charge in [-0.15, -0.1) is 18.9 Å². The maximum Gasteiger partial charge on any atom is 0.195 e. The van der Waals surface area contributed by atoms with E-state index < -0.39 is 22.4 Å². The van der Waals surface area contributed by atoms with Gasteiger partial charge in [-0.3, -0.25) is 0 Å². The normalized spacial score (nSPS) is 15.6. The van der Waals surface area contributed by atoms with Crippen molar-refractivity contribution in [3.63, 3.8) is 0 Å². The Labute approximate surface area is 160 Å². The molecule has 25 heavy (non-hydrogen) atoms. The van der Waals surface area contributed by atoms with Crippen LogP contribution in [0.2, 0.25) is 36.3 Å². The van der Waals surface area contributed by atoms with E-state index in [0.29, 0.717) is 6.42 Å². The highest BCUT2D eigenvalue weighted by molar-refractivity contribution is 6.75. The predicted octanol–water partition coefficient (Wildman–Crippen LogP) is 6.96. The van der Waals surface area contributed by atoms with Crippen molar-refractivity contribution in [3.05, 3.63) is 12.7 Å². The van der Waals surface area contributed by atoms with Crippen molar-refractivity contribution in [2.75, 3.05) is 0 Å². The molecule has 0 spiro atoms. The van der Waals surface area contributed by atoms with Gasteiger partial charge in [0, 0.05) is 5.92 Å². The molecule has 0 fully saturated rings. The molecular weight excluding hydrogens is 340 g/mol. The zero-order chi connectivity index (χ0) is 20.3. The van der Waals surface area contributed by atoms with Gasteiger partial charge < -0.3 is 8.85 Å². The molecule has 0 saturated carbocycles. The SMILES string of the molecule is C#CCC(O[Si](C)(C)C(C)(C)C)(O[Si](C)(C)C(C)(C)C)C(C)CC=C. The lowest BCUT2D eigenvalue weighted by atomic mass is 9.95. The highest BCUT2D eigenvalue weighted by atomic mass is 28.4. The lowest BCUT2D eigenvalue weighted by molar-refractivity contribution is -0.165. The molecule has 0 aliphatic rings. The van der Waals surface area contributed by atoms with Crippen molar-refractivity contribution in [1.29, 1.82) is 0 Å². The Morgan fingerprint density at radius 3 is 1.56 bits per heavy atom. The molecule has 0 radical (unpaired) electrons. The van der Waals surface area contributed by atoms with Crippen molar-refractivity contribution >= 4 is 16.6 Å². The fourth-order valence-corrected chi connectivity index (χ4v) is 5.26. The Morgan fingerprint density at radius 1 is 0.960 bits per heavy atom. The fraction of sp³-hybridized carbons (Fsp3) is 0.810. The van der Waals surface area contributed by atoms with Gasteiger partial charge in [-0.25, -0.2) is 0 Å². The first-order valence-corrected chi connectivity index (χ1v) is 15.2. The minimum absolute atomic E-state index is 0.0948. The largest absolute Gasteiger partial charge is 0.390 e. The molecule has 0 bridgehead atoms. The molecule has 0 heterocycles. The number of hydrogen-bond donors (Lipinski definition) is 0. The first-order valence-electron chi connectivity index (χ1n) is 9.40. The van der Waals surface area contributed by atoms with Gasteiger partial charge in [0.1, 0.15) is 0 Å². The molecule has 0 aliphatic heterocycles. The zero-order valence-electron chi connectivity index (χ0n) is 18.7. The fourth-order valence-electron chi connectivity index (χ4n) is 2.21. The van der Waals surface area contributed by atoms with Crippen LogP contribution in [0.25, 0.3) is 0 Å². The summed E-state index contributed by atoms with van der Waals surface area (Å²) in [5.74, 6) is 2.27. The summed E-state index contributed by atoms with van der Waals surface area (Å²) in [5, 5.41) is 0.190. The van der Waals surface area contributed by atoms with E-state index >= 15 is 0 Å². The molecule has 0 rings (SSSR count). The zero-order valence-corrected chi connectivity index (χ0v) is 20.7. The molecule has 0 N–H and O–H groups in total. The van der Waals surface area contributed by atoms with E-state index in [-0.39, 0.29) is 16.0 Å². The van der Waals surface area contributed by atoms with Crippen LogP contribution in [0, 0.1) is 18.3 Å². The minimum atomic E-state index is -2.06. The quantitative estimate of drug-likeness (QED) is 0.195. The summed E-state index contributed by atoms with van der Waals surface area (Å²) in [7, 11) is -4.12. The van der Waals surface area contributed by atoms with Crippen LogP contribution in [0.5, 0.6) is 0 Å². The van der Waals surface area contributed by atoms with E-state index in [1.54, 1.807) is 0 Å². The average molecular weight is 383 g/mol. The van der Waals surface area contributed by atoms with Crippen molar-refractivity contribution in [2.45, 2.75) is 103 Å². The van der Waals surface area contributed by atoms with E-state index in [1.165, 1.54) is 0 Å². The number of terminal acetylenes is 1. The molecule has 0 amide bonds. The van der Waals surface area contributed by atoms with Gasteiger partial charge in [0.05, 0.1) is 6.42 Å². The number of hydrogen-bond acceptors (Lipinski definition) is 2. The van der Waals surface area contributed by atoms with Crippen LogP contribution in [0.1, 0.15) is 61.3 Å². The Morgan fingerprint density at radius 2 is 1.32 bits per heavy atom. The van der Waals surface area contributed by atoms with Gasteiger partial charge in [0.15, 0.2) is 22.4 Å². The van der Waals surface area contributed by atoms with E-state index in [2.05, 4.69) is 87.2 Å². The summed E-state index contributed by atoms with van der Waals surface area (Å²) in [6.07, 6.45) is 9.04. The molecule has 0 saturated heterocycles. The molecule has 1 atom stereocenters. The highest BCUT2D eigenvalue weighted by Crippen LogP contribution is 2.47. The lowest BCUT2D eigenvalue weighted by Gasteiger charge is -2.52. The maximum atomic E-state index is 6.94. The standard InChI is InChI=1S/C21H42O2Si2/c1-14-16-18(3)21(17-15-2,22-24(10,11)19(4,5)6)23-25(12,13)20(7,8)9/h2,14,18H,1,16-17H2,3-13H3. The molecule has 0 aromatic rings. The molecule has 0 aromatic heterocycles. The first-order chi connectivity index (χ1) is 11.0. The second-order valence-electron chi connectivity index (χ2n) is 10.3. The van der Waals surface area contributed by atoms with Crippen LogP contribution in [-0.2, 0) is 8.85 Å². The van der Waals surface area contributed by atoms with Gasteiger partial charge in [-0.2, -0.15) is 0 Å². The molecule has 0 aromatic carbocycles. The van der Waals surface area contributed by atoms with Crippen molar-refractivity contribution in [2.24, 2.45) is 5.92 Å². The smallest absolute Gasteiger partial charge is 0.195 e. The van der Waals surface area contributed by atoms with Crippen molar-refractivity contribution < 1.29 is 8.85 Å². The first kappa shape index (κ1) is 24.7. The second-order valence-corrected chi connectivity index (χ2v) is 19.8. The number of rotatable bonds is 8. The third-order valence-electron chi connectivity index (χ3n) is 6.09. The van der Waals surface area contributed by atoms with Crippen molar-refractivity contribution in [1.82, 2.24) is 0 Å². The Hall–Kier alpha value is -0.346. The second kappa shape index (κ2) is 8.12. The average Bonchev–Trinajstić information content (AvgIpc) is 2.35. The number of allylic oxidation sites excluding steroid dienone is 1. The lowest BCUT2D eigenvalue weighted by Crippen LogP contribution is -2.59. The van der Waals surface area contributed by atoms with Gasteiger partial charge in [-0.05, 0) is 42.7 Å². The van der Waals surface area contributed by atoms with Crippen LogP contribution < -0.4 is 0 Å². The Bertz CT molecular complexity index is 459. The van der Waals surface area contributed by atoms with Crippen LogP contribution >= 0.6 is 0 Å². The molecule has 2 nitrogen and oxygen atoms in total. The maximum absolute atomic E-state index is 6.94. The summed E-state index contributed by atoms with van der Waals surface area (Å²) in [4.78, 5) is 0. The molecular formula is C21H42O2Si2. The monoisotopic (exact) mass is 382 g/mol. The van der Waals surface area contributed by atoms with Gasteiger partial charge >= 0.3 is 0 Å². The summed E-state index contributed by atoms with van der Waals surface area (Å²) in [6, 6.07) is 0. The van der Waals surface area contributed by atoms with Crippen LogP contribution in [0.3, 0.4) is 0 Å². The van der Waals surface area contributed by atoms with Gasteiger partial charge in [0.25, 0.3) is 0 Å². The van der Waals surface area contributed by atoms with Gasteiger partial charge in [0.2, 0.25) is 0 Å². The van der Waals surface area contributed by atoms with E-state index in [9.17, 15) is 0 Å². The van der Waals surface area contributed by atoms with Gasteiger partial charge in [-0.1, -0.05) is 54.5 Å². The molecule has 0 aliphatic carbocycles.